The number of alkyl halides is 3. The lowest BCUT2D eigenvalue weighted by atomic mass is 9.79. The predicted octanol–water partition coefficient (Wildman–Crippen LogP) is 3.36. The van der Waals surface area contributed by atoms with Gasteiger partial charge in [-0.3, -0.25) is 0 Å². The first-order chi connectivity index (χ1) is 8.45. The highest BCUT2D eigenvalue weighted by atomic mass is 19.4. The molecule has 0 aliphatic heterocycles. The fourth-order valence-electron chi connectivity index (χ4n) is 2.69. The van der Waals surface area contributed by atoms with Gasteiger partial charge in [0, 0.05) is 12.0 Å². The molecule has 1 saturated carbocycles. The van der Waals surface area contributed by atoms with Crippen LogP contribution in [0.25, 0.3) is 0 Å². The van der Waals surface area contributed by atoms with E-state index in [4.69, 9.17) is 5.73 Å². The van der Waals surface area contributed by atoms with E-state index in [2.05, 4.69) is 4.74 Å². The van der Waals surface area contributed by atoms with Gasteiger partial charge in [-0.1, -0.05) is 25.0 Å². The van der Waals surface area contributed by atoms with Crippen molar-refractivity contribution in [2.75, 3.05) is 6.54 Å². The Bertz CT molecular complexity index is 411. The Morgan fingerprint density at radius 2 is 1.89 bits per heavy atom. The first-order valence-electron chi connectivity index (χ1n) is 6.02. The van der Waals surface area contributed by atoms with E-state index in [0.29, 0.717) is 6.54 Å². The highest BCUT2D eigenvalue weighted by Crippen LogP contribution is 2.41. The van der Waals surface area contributed by atoms with Crippen LogP contribution < -0.4 is 10.5 Å². The molecular formula is C13H16F3NO. The Kier molecular flexibility index (Phi) is 3.52. The zero-order chi connectivity index (χ0) is 13.2. The smallest absolute Gasteiger partial charge is 0.406 e. The van der Waals surface area contributed by atoms with Crippen LogP contribution in [0.4, 0.5) is 13.2 Å². The number of nitrogens with two attached hydrogens (primary N) is 1. The van der Waals surface area contributed by atoms with Crippen molar-refractivity contribution in [3.05, 3.63) is 29.8 Å². The molecule has 18 heavy (non-hydrogen) atoms. The van der Waals surface area contributed by atoms with Gasteiger partial charge in [-0.15, -0.1) is 13.2 Å². The summed E-state index contributed by atoms with van der Waals surface area (Å²) in [5.74, 6) is -0.167. The van der Waals surface area contributed by atoms with E-state index in [1.165, 1.54) is 12.1 Å². The van der Waals surface area contributed by atoms with Crippen LogP contribution in [-0.2, 0) is 5.41 Å². The summed E-state index contributed by atoms with van der Waals surface area (Å²) in [6.07, 6.45) is -0.648. The van der Waals surface area contributed by atoms with Gasteiger partial charge in [0.25, 0.3) is 0 Å². The first kappa shape index (κ1) is 13.2. The molecule has 0 radical (unpaired) electrons. The quantitative estimate of drug-likeness (QED) is 0.903. The van der Waals surface area contributed by atoms with E-state index < -0.39 is 6.36 Å². The molecule has 1 aliphatic carbocycles. The fraction of sp³-hybridized carbons (Fsp3) is 0.538. The van der Waals surface area contributed by atoms with E-state index in [1.54, 1.807) is 6.07 Å². The Morgan fingerprint density at radius 1 is 1.22 bits per heavy atom. The lowest BCUT2D eigenvalue weighted by molar-refractivity contribution is -0.274. The lowest BCUT2D eigenvalue weighted by Gasteiger charge is -2.28. The molecule has 100 valence electrons. The first-order valence-corrected chi connectivity index (χ1v) is 6.02. The molecule has 0 saturated heterocycles. The third-order valence-corrected chi connectivity index (χ3v) is 3.63. The molecule has 1 aromatic rings. The van der Waals surface area contributed by atoms with E-state index in [9.17, 15) is 13.2 Å². The maximum Gasteiger partial charge on any atom is 0.573 e. The summed E-state index contributed by atoms with van der Waals surface area (Å²) in [5, 5.41) is 0. The average molecular weight is 259 g/mol. The van der Waals surface area contributed by atoms with E-state index in [-0.39, 0.29) is 11.2 Å². The van der Waals surface area contributed by atoms with Crippen molar-refractivity contribution in [1.29, 1.82) is 0 Å². The largest absolute Gasteiger partial charge is 0.573 e. The Morgan fingerprint density at radius 3 is 2.44 bits per heavy atom. The molecule has 2 N–H and O–H groups in total. The topological polar surface area (TPSA) is 35.2 Å². The molecule has 0 aromatic heterocycles. The summed E-state index contributed by atoms with van der Waals surface area (Å²) in [6.45, 7) is 0.461. The standard InChI is InChI=1S/C13H16F3NO/c14-13(15,16)18-11-5-3-4-10(8-11)12(9-17)6-1-2-7-12/h3-5,8H,1-2,6-7,9,17H2. The molecule has 1 aliphatic rings. The number of halogens is 3. The minimum Gasteiger partial charge on any atom is -0.406 e. The van der Waals surface area contributed by atoms with Crippen LogP contribution in [0.3, 0.4) is 0 Å². The molecule has 0 spiro atoms. The predicted molar refractivity (Wildman–Crippen MR) is 62.3 cm³/mol. The number of hydrogen-bond donors (Lipinski definition) is 1. The molecular weight excluding hydrogens is 243 g/mol. The van der Waals surface area contributed by atoms with Crippen LogP contribution >= 0.6 is 0 Å². The zero-order valence-electron chi connectivity index (χ0n) is 9.96. The van der Waals surface area contributed by atoms with Crippen molar-refractivity contribution >= 4 is 0 Å². The van der Waals surface area contributed by atoms with Crippen molar-refractivity contribution < 1.29 is 17.9 Å². The van der Waals surface area contributed by atoms with Gasteiger partial charge in [0.15, 0.2) is 0 Å². The molecule has 5 heteroatoms. The Balaban J connectivity index is 2.26. The molecule has 0 bridgehead atoms. The normalized spacial score (nSPS) is 18.9. The summed E-state index contributed by atoms with van der Waals surface area (Å²) in [6, 6.07) is 6.20. The van der Waals surface area contributed by atoms with Gasteiger partial charge in [-0.05, 0) is 30.5 Å². The third-order valence-electron chi connectivity index (χ3n) is 3.63. The van der Waals surface area contributed by atoms with Crippen LogP contribution in [-0.4, -0.2) is 12.9 Å². The summed E-state index contributed by atoms with van der Waals surface area (Å²) >= 11 is 0. The van der Waals surface area contributed by atoms with Gasteiger partial charge in [0.05, 0.1) is 0 Å². The molecule has 0 unspecified atom stereocenters. The van der Waals surface area contributed by atoms with Crippen molar-refractivity contribution in [1.82, 2.24) is 0 Å². The van der Waals surface area contributed by atoms with Gasteiger partial charge in [0.2, 0.25) is 0 Å². The van der Waals surface area contributed by atoms with Crippen LogP contribution in [0, 0.1) is 0 Å². The molecule has 1 fully saturated rings. The van der Waals surface area contributed by atoms with Gasteiger partial charge >= 0.3 is 6.36 Å². The second kappa shape index (κ2) is 4.80. The zero-order valence-corrected chi connectivity index (χ0v) is 9.96. The van der Waals surface area contributed by atoms with Crippen molar-refractivity contribution in [3.8, 4) is 5.75 Å². The minimum absolute atomic E-state index is 0.167. The fourth-order valence-corrected chi connectivity index (χ4v) is 2.69. The number of rotatable bonds is 3. The molecule has 0 atom stereocenters. The van der Waals surface area contributed by atoms with Crippen LogP contribution in [0.5, 0.6) is 5.75 Å². The third kappa shape index (κ3) is 2.77. The maximum atomic E-state index is 12.2. The molecule has 0 amide bonds. The van der Waals surface area contributed by atoms with Gasteiger partial charge in [-0.25, -0.2) is 0 Å². The van der Waals surface area contributed by atoms with E-state index >= 15 is 0 Å². The SMILES string of the molecule is NCC1(c2cccc(OC(F)(F)F)c2)CCCC1. The summed E-state index contributed by atoms with van der Waals surface area (Å²) in [7, 11) is 0. The summed E-state index contributed by atoms with van der Waals surface area (Å²) in [4.78, 5) is 0. The second-order valence-corrected chi connectivity index (χ2v) is 4.77. The Hall–Kier alpha value is -1.23. The van der Waals surface area contributed by atoms with Gasteiger partial charge in [0.1, 0.15) is 5.75 Å². The number of hydrogen-bond acceptors (Lipinski definition) is 2. The lowest BCUT2D eigenvalue weighted by Crippen LogP contribution is -2.32. The minimum atomic E-state index is -4.65. The van der Waals surface area contributed by atoms with Gasteiger partial charge in [-0.2, -0.15) is 0 Å². The molecule has 0 heterocycles. The highest BCUT2D eigenvalue weighted by molar-refractivity contribution is 5.35. The van der Waals surface area contributed by atoms with Crippen molar-refractivity contribution in [2.45, 2.75) is 37.5 Å². The van der Waals surface area contributed by atoms with Crippen LogP contribution in [0.2, 0.25) is 0 Å². The van der Waals surface area contributed by atoms with Crippen LogP contribution in [0.1, 0.15) is 31.2 Å². The Labute approximate surface area is 104 Å². The van der Waals surface area contributed by atoms with Crippen LogP contribution in [0.15, 0.2) is 24.3 Å². The van der Waals surface area contributed by atoms with E-state index in [1.807, 2.05) is 6.07 Å². The molecule has 2 nitrogen and oxygen atoms in total. The monoisotopic (exact) mass is 259 g/mol. The highest BCUT2D eigenvalue weighted by Gasteiger charge is 2.35. The molecule has 2 rings (SSSR count). The summed E-state index contributed by atoms with van der Waals surface area (Å²) < 4.78 is 40.5. The van der Waals surface area contributed by atoms with Crippen molar-refractivity contribution in [2.24, 2.45) is 5.73 Å². The maximum absolute atomic E-state index is 12.2. The summed E-state index contributed by atoms with van der Waals surface area (Å²) in [5.41, 5.74) is 6.49. The number of benzene rings is 1. The van der Waals surface area contributed by atoms with E-state index in [0.717, 1.165) is 31.2 Å². The second-order valence-electron chi connectivity index (χ2n) is 4.77. The number of ether oxygens (including phenoxy) is 1. The average Bonchev–Trinajstić information content (AvgIpc) is 2.77. The van der Waals surface area contributed by atoms with Gasteiger partial charge < -0.3 is 10.5 Å². The van der Waals surface area contributed by atoms with Crippen molar-refractivity contribution in [3.63, 3.8) is 0 Å². The molecule has 1 aromatic carbocycles.